The summed E-state index contributed by atoms with van der Waals surface area (Å²) in [6.07, 6.45) is 0. The molecule has 0 radical (unpaired) electrons. The Labute approximate surface area is 79.6 Å². The molecule has 2 rings (SSSR count). The Morgan fingerprint density at radius 2 is 2.08 bits per heavy atom. The van der Waals surface area contributed by atoms with Crippen LogP contribution < -0.4 is 10.2 Å². The standard InChI is InChI=1S/C11H16N2/c1-10-9-12-7-8-13(10)11-5-3-2-4-6-11/h2-6,10,12H,7-9H2,1H3/t10-/m0/s1. The van der Waals surface area contributed by atoms with Crippen LogP contribution in [0.15, 0.2) is 30.3 Å². The molecule has 1 heterocycles. The summed E-state index contributed by atoms with van der Waals surface area (Å²) in [7, 11) is 0. The molecule has 0 aliphatic carbocycles. The van der Waals surface area contributed by atoms with Crippen molar-refractivity contribution >= 4 is 5.69 Å². The van der Waals surface area contributed by atoms with Crippen LogP contribution in [-0.2, 0) is 0 Å². The van der Waals surface area contributed by atoms with Crippen molar-refractivity contribution in [3.05, 3.63) is 30.3 Å². The van der Waals surface area contributed by atoms with Crippen LogP contribution in [-0.4, -0.2) is 25.7 Å². The molecule has 1 N–H and O–H groups in total. The van der Waals surface area contributed by atoms with E-state index in [1.165, 1.54) is 5.69 Å². The summed E-state index contributed by atoms with van der Waals surface area (Å²) >= 11 is 0. The molecule has 0 unspecified atom stereocenters. The number of anilines is 1. The van der Waals surface area contributed by atoms with Crippen LogP contribution in [0.1, 0.15) is 6.92 Å². The van der Waals surface area contributed by atoms with E-state index in [-0.39, 0.29) is 0 Å². The van der Waals surface area contributed by atoms with E-state index >= 15 is 0 Å². The van der Waals surface area contributed by atoms with Gasteiger partial charge < -0.3 is 10.2 Å². The van der Waals surface area contributed by atoms with Crippen LogP contribution in [0.4, 0.5) is 5.69 Å². The summed E-state index contributed by atoms with van der Waals surface area (Å²) in [6, 6.07) is 11.2. The largest absolute Gasteiger partial charge is 0.366 e. The maximum absolute atomic E-state index is 3.39. The second kappa shape index (κ2) is 3.79. The molecule has 2 nitrogen and oxygen atoms in total. The predicted molar refractivity (Wildman–Crippen MR) is 56.1 cm³/mol. The van der Waals surface area contributed by atoms with Gasteiger partial charge in [-0.15, -0.1) is 0 Å². The van der Waals surface area contributed by atoms with E-state index in [0.717, 1.165) is 19.6 Å². The summed E-state index contributed by atoms with van der Waals surface area (Å²) in [5.41, 5.74) is 1.34. The molecule has 1 saturated heterocycles. The van der Waals surface area contributed by atoms with E-state index in [1.807, 2.05) is 0 Å². The maximum Gasteiger partial charge on any atom is 0.0386 e. The molecule has 1 aliphatic rings. The van der Waals surface area contributed by atoms with Gasteiger partial charge in [0.05, 0.1) is 0 Å². The van der Waals surface area contributed by atoms with Gasteiger partial charge in [-0.25, -0.2) is 0 Å². The molecule has 0 amide bonds. The molecule has 0 aromatic heterocycles. The molecule has 70 valence electrons. The van der Waals surface area contributed by atoms with E-state index in [4.69, 9.17) is 0 Å². The van der Waals surface area contributed by atoms with E-state index in [0.29, 0.717) is 6.04 Å². The van der Waals surface area contributed by atoms with Gasteiger partial charge in [-0.3, -0.25) is 0 Å². The molecule has 13 heavy (non-hydrogen) atoms. The number of hydrogen-bond donors (Lipinski definition) is 1. The minimum atomic E-state index is 0.608. The number of piperazine rings is 1. The highest BCUT2D eigenvalue weighted by atomic mass is 15.2. The van der Waals surface area contributed by atoms with Crippen molar-refractivity contribution in [1.29, 1.82) is 0 Å². The van der Waals surface area contributed by atoms with Crippen molar-refractivity contribution in [1.82, 2.24) is 5.32 Å². The second-order valence-corrected chi connectivity index (χ2v) is 3.58. The summed E-state index contributed by atoms with van der Waals surface area (Å²) in [5, 5.41) is 3.39. The normalized spacial score (nSPS) is 23.2. The topological polar surface area (TPSA) is 15.3 Å². The van der Waals surface area contributed by atoms with Crippen molar-refractivity contribution in [3.8, 4) is 0 Å². The number of nitrogens with zero attached hydrogens (tertiary/aromatic N) is 1. The summed E-state index contributed by atoms with van der Waals surface area (Å²) in [6.45, 7) is 5.57. The highest BCUT2D eigenvalue weighted by Crippen LogP contribution is 2.16. The Balaban J connectivity index is 2.15. The fourth-order valence-electron chi connectivity index (χ4n) is 1.84. The molecule has 1 fully saturated rings. The van der Waals surface area contributed by atoms with E-state index in [2.05, 4.69) is 47.5 Å². The van der Waals surface area contributed by atoms with Crippen molar-refractivity contribution in [3.63, 3.8) is 0 Å². The van der Waals surface area contributed by atoms with E-state index in [1.54, 1.807) is 0 Å². The summed E-state index contributed by atoms with van der Waals surface area (Å²) in [4.78, 5) is 2.45. The molecule has 0 saturated carbocycles. The Morgan fingerprint density at radius 1 is 1.31 bits per heavy atom. The monoisotopic (exact) mass is 176 g/mol. The molecular weight excluding hydrogens is 160 g/mol. The molecular formula is C11H16N2. The van der Waals surface area contributed by atoms with Crippen molar-refractivity contribution < 1.29 is 0 Å². The fourth-order valence-corrected chi connectivity index (χ4v) is 1.84. The van der Waals surface area contributed by atoms with Crippen molar-refractivity contribution in [2.24, 2.45) is 0 Å². The number of hydrogen-bond acceptors (Lipinski definition) is 2. The number of para-hydroxylation sites is 1. The first-order valence-electron chi connectivity index (χ1n) is 4.90. The van der Waals surface area contributed by atoms with Crippen LogP contribution in [0.3, 0.4) is 0 Å². The second-order valence-electron chi connectivity index (χ2n) is 3.58. The lowest BCUT2D eigenvalue weighted by molar-refractivity contribution is 0.501. The molecule has 0 spiro atoms. The SMILES string of the molecule is C[C@H]1CNCCN1c1ccccc1. The Hall–Kier alpha value is -1.02. The minimum Gasteiger partial charge on any atom is -0.366 e. The lowest BCUT2D eigenvalue weighted by Crippen LogP contribution is -2.49. The van der Waals surface area contributed by atoms with Gasteiger partial charge in [0.25, 0.3) is 0 Å². The Morgan fingerprint density at radius 3 is 2.77 bits per heavy atom. The number of nitrogens with one attached hydrogen (secondary N) is 1. The van der Waals surface area contributed by atoms with Crippen molar-refractivity contribution in [2.75, 3.05) is 24.5 Å². The van der Waals surface area contributed by atoms with Crippen LogP contribution in [0.2, 0.25) is 0 Å². The number of benzene rings is 1. The van der Waals surface area contributed by atoms with Gasteiger partial charge in [-0.1, -0.05) is 18.2 Å². The van der Waals surface area contributed by atoms with E-state index in [9.17, 15) is 0 Å². The average Bonchev–Trinajstić information content (AvgIpc) is 2.20. The quantitative estimate of drug-likeness (QED) is 0.697. The average molecular weight is 176 g/mol. The third-order valence-corrected chi connectivity index (χ3v) is 2.59. The molecule has 2 heteroatoms. The van der Waals surface area contributed by atoms with Gasteiger partial charge in [0.2, 0.25) is 0 Å². The van der Waals surface area contributed by atoms with E-state index < -0.39 is 0 Å². The van der Waals surface area contributed by atoms with Gasteiger partial charge in [0.15, 0.2) is 0 Å². The minimum absolute atomic E-state index is 0.608. The third kappa shape index (κ3) is 1.83. The Kier molecular flexibility index (Phi) is 2.50. The summed E-state index contributed by atoms with van der Waals surface area (Å²) < 4.78 is 0. The summed E-state index contributed by atoms with van der Waals surface area (Å²) in [5.74, 6) is 0. The van der Waals surface area contributed by atoms with Crippen LogP contribution in [0.5, 0.6) is 0 Å². The first kappa shape index (κ1) is 8.57. The fraction of sp³-hybridized carbons (Fsp3) is 0.455. The molecule has 1 atom stereocenters. The zero-order valence-corrected chi connectivity index (χ0v) is 8.03. The zero-order valence-electron chi connectivity index (χ0n) is 8.03. The lowest BCUT2D eigenvalue weighted by Gasteiger charge is -2.35. The first-order chi connectivity index (χ1) is 6.38. The Bertz CT molecular complexity index is 258. The highest BCUT2D eigenvalue weighted by Gasteiger charge is 2.17. The molecule has 0 bridgehead atoms. The zero-order chi connectivity index (χ0) is 9.10. The van der Waals surface area contributed by atoms with Gasteiger partial charge in [-0.05, 0) is 19.1 Å². The van der Waals surface area contributed by atoms with Gasteiger partial charge >= 0.3 is 0 Å². The number of rotatable bonds is 1. The smallest absolute Gasteiger partial charge is 0.0386 e. The maximum atomic E-state index is 3.39. The third-order valence-electron chi connectivity index (χ3n) is 2.59. The van der Waals surface area contributed by atoms with Gasteiger partial charge in [-0.2, -0.15) is 0 Å². The highest BCUT2D eigenvalue weighted by molar-refractivity contribution is 5.47. The molecule has 1 aromatic carbocycles. The van der Waals surface area contributed by atoms with Crippen LogP contribution in [0.25, 0.3) is 0 Å². The predicted octanol–water partition coefficient (Wildman–Crippen LogP) is 1.48. The molecule has 1 aromatic rings. The van der Waals surface area contributed by atoms with Gasteiger partial charge in [0.1, 0.15) is 0 Å². The van der Waals surface area contributed by atoms with Crippen LogP contribution >= 0.6 is 0 Å². The van der Waals surface area contributed by atoms with Crippen LogP contribution in [0, 0.1) is 0 Å². The van der Waals surface area contributed by atoms with Crippen molar-refractivity contribution in [2.45, 2.75) is 13.0 Å². The first-order valence-corrected chi connectivity index (χ1v) is 4.90. The molecule has 1 aliphatic heterocycles. The lowest BCUT2D eigenvalue weighted by atomic mass is 10.2. The van der Waals surface area contributed by atoms with Gasteiger partial charge in [0, 0.05) is 31.4 Å².